The van der Waals surface area contributed by atoms with Gasteiger partial charge in [-0.3, -0.25) is 9.59 Å². The van der Waals surface area contributed by atoms with Gasteiger partial charge in [0.05, 0.1) is 0 Å². The Kier molecular flexibility index (Phi) is 4.26. The zero-order valence-corrected chi connectivity index (χ0v) is 10.6. The average molecular weight is 318 g/mol. The van der Waals surface area contributed by atoms with Crippen LogP contribution in [0.5, 0.6) is 0 Å². The summed E-state index contributed by atoms with van der Waals surface area (Å²) < 4.78 is 5.87. The standard InChI is InChI=1S/C11H11IO3/c1-7(15-8(2)13)11(14)9-3-5-10(12)6-4-9/h3-7H,1-2H3. The zero-order chi connectivity index (χ0) is 11.4. The summed E-state index contributed by atoms with van der Waals surface area (Å²) in [5.41, 5.74) is 0.559. The third-order valence-electron chi connectivity index (χ3n) is 1.84. The number of ketones is 1. The molecule has 1 aromatic rings. The zero-order valence-electron chi connectivity index (χ0n) is 8.49. The Morgan fingerprint density at radius 1 is 1.27 bits per heavy atom. The van der Waals surface area contributed by atoms with E-state index < -0.39 is 12.1 Å². The number of halogens is 1. The number of benzene rings is 1. The van der Waals surface area contributed by atoms with E-state index in [2.05, 4.69) is 22.6 Å². The van der Waals surface area contributed by atoms with Gasteiger partial charge < -0.3 is 4.74 Å². The van der Waals surface area contributed by atoms with Crippen LogP contribution in [0, 0.1) is 3.57 Å². The normalized spacial score (nSPS) is 11.9. The molecule has 1 aromatic carbocycles. The summed E-state index contributed by atoms with van der Waals surface area (Å²) in [5.74, 6) is -0.622. The van der Waals surface area contributed by atoms with Gasteiger partial charge in [0.1, 0.15) is 0 Å². The summed E-state index contributed by atoms with van der Waals surface area (Å²) >= 11 is 2.16. The molecule has 0 aromatic heterocycles. The van der Waals surface area contributed by atoms with Crippen molar-refractivity contribution in [1.29, 1.82) is 0 Å². The highest BCUT2D eigenvalue weighted by Gasteiger charge is 2.17. The van der Waals surface area contributed by atoms with Crippen LogP contribution >= 0.6 is 22.6 Å². The number of esters is 1. The molecule has 80 valence electrons. The maximum atomic E-state index is 11.7. The van der Waals surface area contributed by atoms with E-state index in [9.17, 15) is 9.59 Å². The van der Waals surface area contributed by atoms with Gasteiger partial charge in [-0.05, 0) is 41.6 Å². The van der Waals surface area contributed by atoms with E-state index in [1.807, 2.05) is 12.1 Å². The second kappa shape index (κ2) is 5.25. The van der Waals surface area contributed by atoms with Gasteiger partial charge >= 0.3 is 5.97 Å². The summed E-state index contributed by atoms with van der Waals surface area (Å²) in [7, 11) is 0. The van der Waals surface area contributed by atoms with E-state index >= 15 is 0 Å². The molecule has 0 amide bonds. The molecular formula is C11H11IO3. The van der Waals surface area contributed by atoms with Crippen LogP contribution in [0.25, 0.3) is 0 Å². The topological polar surface area (TPSA) is 43.4 Å². The van der Waals surface area contributed by atoms with Gasteiger partial charge in [-0.2, -0.15) is 0 Å². The summed E-state index contributed by atoms with van der Waals surface area (Å²) in [6, 6.07) is 7.14. The molecule has 0 saturated heterocycles. The fraction of sp³-hybridized carbons (Fsp3) is 0.273. The second-order valence-electron chi connectivity index (χ2n) is 3.12. The molecule has 1 atom stereocenters. The minimum absolute atomic E-state index is 0.179. The predicted molar refractivity (Wildman–Crippen MR) is 64.7 cm³/mol. The van der Waals surface area contributed by atoms with Crippen molar-refractivity contribution in [3.8, 4) is 0 Å². The van der Waals surface area contributed by atoms with Crippen molar-refractivity contribution in [1.82, 2.24) is 0 Å². The molecule has 1 rings (SSSR count). The van der Waals surface area contributed by atoms with E-state index in [-0.39, 0.29) is 5.78 Å². The Morgan fingerprint density at radius 3 is 2.27 bits per heavy atom. The van der Waals surface area contributed by atoms with Gasteiger partial charge in [0.15, 0.2) is 6.10 Å². The van der Waals surface area contributed by atoms with Crippen LogP contribution in [0.4, 0.5) is 0 Å². The number of hydrogen-bond donors (Lipinski definition) is 0. The lowest BCUT2D eigenvalue weighted by atomic mass is 10.1. The van der Waals surface area contributed by atoms with Crippen LogP contribution in [0.3, 0.4) is 0 Å². The molecule has 0 aliphatic carbocycles. The molecular weight excluding hydrogens is 307 g/mol. The van der Waals surface area contributed by atoms with Gasteiger partial charge in [0.2, 0.25) is 5.78 Å². The molecule has 0 fully saturated rings. The monoisotopic (exact) mass is 318 g/mol. The molecule has 0 radical (unpaired) electrons. The third-order valence-corrected chi connectivity index (χ3v) is 2.56. The Hall–Kier alpha value is -0.910. The molecule has 0 aliphatic rings. The Labute approximate surface area is 102 Å². The quantitative estimate of drug-likeness (QED) is 0.488. The molecule has 0 bridgehead atoms. The van der Waals surface area contributed by atoms with Crippen molar-refractivity contribution in [2.45, 2.75) is 20.0 Å². The largest absolute Gasteiger partial charge is 0.454 e. The smallest absolute Gasteiger partial charge is 0.303 e. The predicted octanol–water partition coefficient (Wildman–Crippen LogP) is 2.43. The minimum atomic E-state index is -0.720. The second-order valence-corrected chi connectivity index (χ2v) is 4.37. The molecule has 0 spiro atoms. The number of rotatable bonds is 3. The number of Topliss-reactive ketones (excluding diaryl/α,β-unsaturated/α-hetero) is 1. The van der Waals surface area contributed by atoms with Crippen molar-refractivity contribution >= 4 is 34.3 Å². The van der Waals surface area contributed by atoms with Crippen LogP contribution in [0.15, 0.2) is 24.3 Å². The Bertz CT molecular complexity index is 370. The highest BCUT2D eigenvalue weighted by atomic mass is 127. The minimum Gasteiger partial charge on any atom is -0.454 e. The lowest BCUT2D eigenvalue weighted by molar-refractivity contribution is -0.143. The summed E-state index contributed by atoms with van der Waals surface area (Å²) in [6.07, 6.45) is -0.720. The highest BCUT2D eigenvalue weighted by Crippen LogP contribution is 2.10. The molecule has 1 unspecified atom stereocenters. The highest BCUT2D eigenvalue weighted by molar-refractivity contribution is 14.1. The molecule has 0 heterocycles. The van der Waals surface area contributed by atoms with Crippen LogP contribution in [0.1, 0.15) is 24.2 Å². The van der Waals surface area contributed by atoms with Crippen molar-refractivity contribution in [3.63, 3.8) is 0 Å². The fourth-order valence-corrected chi connectivity index (χ4v) is 1.51. The van der Waals surface area contributed by atoms with Crippen LogP contribution in [0.2, 0.25) is 0 Å². The van der Waals surface area contributed by atoms with Gasteiger partial charge in [0.25, 0.3) is 0 Å². The first-order chi connectivity index (χ1) is 7.00. The number of ether oxygens (including phenoxy) is 1. The van der Waals surface area contributed by atoms with Gasteiger partial charge in [-0.15, -0.1) is 0 Å². The Balaban J connectivity index is 2.76. The van der Waals surface area contributed by atoms with Crippen LogP contribution in [-0.4, -0.2) is 17.9 Å². The molecule has 3 nitrogen and oxygen atoms in total. The number of carbonyl (C=O) groups excluding carboxylic acids is 2. The molecule has 15 heavy (non-hydrogen) atoms. The first-order valence-corrected chi connectivity index (χ1v) is 5.55. The first kappa shape index (κ1) is 12.2. The molecule has 0 aliphatic heterocycles. The maximum Gasteiger partial charge on any atom is 0.303 e. The molecule has 0 N–H and O–H groups in total. The average Bonchev–Trinajstić information content (AvgIpc) is 2.17. The van der Waals surface area contributed by atoms with Gasteiger partial charge in [-0.25, -0.2) is 0 Å². The lowest BCUT2D eigenvalue weighted by Gasteiger charge is -2.10. The van der Waals surface area contributed by atoms with E-state index in [0.717, 1.165) is 3.57 Å². The van der Waals surface area contributed by atoms with E-state index in [0.29, 0.717) is 5.56 Å². The van der Waals surface area contributed by atoms with Crippen molar-refractivity contribution in [2.75, 3.05) is 0 Å². The van der Waals surface area contributed by atoms with Crippen molar-refractivity contribution in [3.05, 3.63) is 33.4 Å². The van der Waals surface area contributed by atoms with Gasteiger partial charge in [-0.1, -0.05) is 12.1 Å². The fourth-order valence-electron chi connectivity index (χ4n) is 1.15. The SMILES string of the molecule is CC(=O)OC(C)C(=O)c1ccc(I)cc1. The summed E-state index contributed by atoms with van der Waals surface area (Å²) in [4.78, 5) is 22.4. The molecule has 0 saturated carbocycles. The van der Waals surface area contributed by atoms with Gasteiger partial charge in [0, 0.05) is 16.1 Å². The summed E-state index contributed by atoms with van der Waals surface area (Å²) in [5, 5.41) is 0. The number of carbonyl (C=O) groups is 2. The molecule has 4 heteroatoms. The van der Waals surface area contributed by atoms with E-state index in [1.54, 1.807) is 19.1 Å². The number of hydrogen-bond acceptors (Lipinski definition) is 3. The van der Waals surface area contributed by atoms with Crippen LogP contribution in [-0.2, 0) is 9.53 Å². The first-order valence-electron chi connectivity index (χ1n) is 4.47. The van der Waals surface area contributed by atoms with Crippen LogP contribution < -0.4 is 0 Å². The third kappa shape index (κ3) is 3.62. The van der Waals surface area contributed by atoms with Crippen molar-refractivity contribution < 1.29 is 14.3 Å². The lowest BCUT2D eigenvalue weighted by Crippen LogP contribution is -2.23. The van der Waals surface area contributed by atoms with Crippen molar-refractivity contribution in [2.24, 2.45) is 0 Å². The Morgan fingerprint density at radius 2 is 1.80 bits per heavy atom. The maximum absolute atomic E-state index is 11.7. The van der Waals surface area contributed by atoms with E-state index in [4.69, 9.17) is 4.74 Å². The van der Waals surface area contributed by atoms with E-state index in [1.165, 1.54) is 6.92 Å². The summed E-state index contributed by atoms with van der Waals surface area (Å²) in [6.45, 7) is 2.86.